The number of aryl methyl sites for hydroxylation is 2. The summed E-state index contributed by atoms with van der Waals surface area (Å²) in [5, 5.41) is 11.8. The van der Waals surface area contributed by atoms with Crippen LogP contribution in [0.4, 0.5) is 5.82 Å². The Labute approximate surface area is 183 Å². The van der Waals surface area contributed by atoms with Crippen LogP contribution >= 0.6 is 0 Å². The van der Waals surface area contributed by atoms with Gasteiger partial charge in [-0.15, -0.1) is 0 Å². The van der Waals surface area contributed by atoms with Crippen LogP contribution < -0.4 is 10.6 Å². The molecule has 2 fully saturated rings. The summed E-state index contributed by atoms with van der Waals surface area (Å²) in [5.74, 6) is 0.746. The minimum Gasteiger partial charge on any atom is -0.466 e. The summed E-state index contributed by atoms with van der Waals surface area (Å²) in [7, 11) is 1.91. The highest BCUT2D eigenvalue weighted by Gasteiger charge is 2.36. The van der Waals surface area contributed by atoms with Gasteiger partial charge in [0.05, 0.1) is 30.6 Å². The first-order chi connectivity index (χ1) is 14.9. The number of carbonyl (C=O) groups excluding carboxylic acids is 2. The van der Waals surface area contributed by atoms with Gasteiger partial charge in [-0.05, 0) is 51.7 Å². The topological polar surface area (TPSA) is 88.5 Å². The van der Waals surface area contributed by atoms with Crippen LogP contribution in [0.1, 0.15) is 38.2 Å². The number of hydrogen-bond donors (Lipinski definition) is 2. The maximum atomic E-state index is 12.4. The molecule has 2 heterocycles. The molecule has 1 aliphatic heterocycles. The Morgan fingerprint density at radius 3 is 2.65 bits per heavy atom. The molecule has 1 amide bonds. The maximum Gasteiger partial charge on any atom is 0.308 e. The van der Waals surface area contributed by atoms with Gasteiger partial charge < -0.3 is 15.4 Å². The average molecular weight is 428 g/mol. The van der Waals surface area contributed by atoms with Crippen molar-refractivity contribution >= 4 is 28.6 Å². The lowest BCUT2D eigenvalue weighted by atomic mass is 9.84. The molecule has 0 radical (unpaired) electrons. The number of rotatable bonds is 7. The summed E-state index contributed by atoms with van der Waals surface area (Å²) >= 11 is 0. The molecule has 2 aliphatic rings. The highest BCUT2D eigenvalue weighted by Crippen LogP contribution is 2.30. The lowest BCUT2D eigenvalue weighted by Crippen LogP contribution is -2.63. The molecule has 8 nitrogen and oxygen atoms in total. The first-order valence-electron chi connectivity index (χ1n) is 11.3. The van der Waals surface area contributed by atoms with E-state index in [4.69, 9.17) is 4.74 Å². The Balaban J connectivity index is 1.19. The zero-order valence-corrected chi connectivity index (χ0v) is 18.7. The highest BCUT2D eigenvalue weighted by molar-refractivity contribution is 5.92. The normalized spacial score (nSPS) is 22.2. The molecule has 1 saturated heterocycles. The van der Waals surface area contributed by atoms with Gasteiger partial charge in [0, 0.05) is 31.6 Å². The Morgan fingerprint density at radius 2 is 1.94 bits per heavy atom. The van der Waals surface area contributed by atoms with E-state index >= 15 is 0 Å². The van der Waals surface area contributed by atoms with Crippen molar-refractivity contribution in [1.82, 2.24) is 20.0 Å². The van der Waals surface area contributed by atoms with Crippen molar-refractivity contribution in [2.24, 2.45) is 13.0 Å². The number of amides is 1. The second kappa shape index (κ2) is 9.26. The van der Waals surface area contributed by atoms with Crippen LogP contribution in [0.15, 0.2) is 18.2 Å². The van der Waals surface area contributed by atoms with Gasteiger partial charge in [-0.2, -0.15) is 5.10 Å². The second-order valence-corrected chi connectivity index (χ2v) is 8.82. The summed E-state index contributed by atoms with van der Waals surface area (Å²) in [6.07, 6.45) is 3.85. The van der Waals surface area contributed by atoms with Gasteiger partial charge >= 0.3 is 5.97 Å². The quantitative estimate of drug-likeness (QED) is 0.659. The number of benzene rings is 1. The molecule has 2 aromatic rings. The molecular weight excluding hydrogens is 394 g/mol. The van der Waals surface area contributed by atoms with Crippen LogP contribution in [0, 0.1) is 12.8 Å². The molecule has 1 aromatic heterocycles. The van der Waals surface area contributed by atoms with E-state index in [1.165, 1.54) is 5.56 Å². The minimum atomic E-state index is -0.0435. The highest BCUT2D eigenvalue weighted by atomic mass is 16.5. The number of nitrogens with zero attached hydrogens (tertiary/aromatic N) is 3. The molecule has 4 rings (SSSR count). The summed E-state index contributed by atoms with van der Waals surface area (Å²) in [5.41, 5.74) is 2.21. The van der Waals surface area contributed by atoms with E-state index in [1.54, 1.807) is 0 Å². The third-order valence-electron chi connectivity index (χ3n) is 6.53. The predicted molar refractivity (Wildman–Crippen MR) is 120 cm³/mol. The summed E-state index contributed by atoms with van der Waals surface area (Å²) in [6.45, 7) is 6.33. The van der Waals surface area contributed by atoms with E-state index in [-0.39, 0.29) is 30.4 Å². The third kappa shape index (κ3) is 4.84. The molecule has 0 atom stereocenters. The lowest BCUT2D eigenvalue weighted by molar-refractivity contribution is -0.149. The van der Waals surface area contributed by atoms with E-state index in [2.05, 4.69) is 39.7 Å². The van der Waals surface area contributed by atoms with Crippen LogP contribution in [-0.2, 0) is 21.4 Å². The molecule has 1 aliphatic carbocycles. The molecule has 1 saturated carbocycles. The molecule has 0 bridgehead atoms. The number of carbonyl (C=O) groups is 2. The molecule has 8 heteroatoms. The van der Waals surface area contributed by atoms with Crippen LogP contribution in [0.3, 0.4) is 0 Å². The van der Waals surface area contributed by atoms with Crippen molar-refractivity contribution in [1.29, 1.82) is 0 Å². The van der Waals surface area contributed by atoms with Crippen LogP contribution in [0.5, 0.6) is 0 Å². The Bertz CT molecular complexity index is 942. The van der Waals surface area contributed by atoms with Gasteiger partial charge in [0.1, 0.15) is 0 Å². The Morgan fingerprint density at radius 1 is 1.19 bits per heavy atom. The molecule has 0 spiro atoms. The molecule has 1 aromatic carbocycles. The van der Waals surface area contributed by atoms with Gasteiger partial charge in [-0.25, -0.2) is 0 Å². The number of likely N-dealkylation sites (tertiary alicyclic amines) is 1. The summed E-state index contributed by atoms with van der Waals surface area (Å²) in [4.78, 5) is 26.7. The molecular formula is C23H33N5O3. The van der Waals surface area contributed by atoms with E-state index < -0.39 is 0 Å². The van der Waals surface area contributed by atoms with Crippen molar-refractivity contribution in [3.05, 3.63) is 23.8 Å². The fraction of sp³-hybridized carbons (Fsp3) is 0.609. The zero-order chi connectivity index (χ0) is 22.0. The van der Waals surface area contributed by atoms with Gasteiger partial charge in [0.25, 0.3) is 0 Å². The van der Waals surface area contributed by atoms with Crippen LogP contribution in [0.2, 0.25) is 0 Å². The Kier molecular flexibility index (Phi) is 6.46. The summed E-state index contributed by atoms with van der Waals surface area (Å²) in [6, 6.07) is 6.90. The van der Waals surface area contributed by atoms with Gasteiger partial charge in [-0.1, -0.05) is 11.6 Å². The first kappa shape index (κ1) is 21.6. The zero-order valence-electron chi connectivity index (χ0n) is 18.7. The van der Waals surface area contributed by atoms with E-state index in [0.29, 0.717) is 12.6 Å². The van der Waals surface area contributed by atoms with Crippen molar-refractivity contribution < 1.29 is 14.3 Å². The first-order valence-corrected chi connectivity index (χ1v) is 11.3. The van der Waals surface area contributed by atoms with Gasteiger partial charge in [0.2, 0.25) is 5.91 Å². The van der Waals surface area contributed by atoms with Gasteiger partial charge in [-0.3, -0.25) is 19.2 Å². The number of aromatic nitrogens is 2. The smallest absolute Gasteiger partial charge is 0.308 e. The predicted octanol–water partition coefficient (Wildman–Crippen LogP) is 2.22. The van der Waals surface area contributed by atoms with Crippen molar-refractivity contribution in [2.75, 3.05) is 31.6 Å². The van der Waals surface area contributed by atoms with Gasteiger partial charge in [0.15, 0.2) is 5.82 Å². The summed E-state index contributed by atoms with van der Waals surface area (Å²) < 4.78 is 6.98. The molecule has 168 valence electrons. The fourth-order valence-corrected chi connectivity index (χ4v) is 4.79. The molecule has 31 heavy (non-hydrogen) atoms. The number of ether oxygens (including phenoxy) is 1. The average Bonchev–Trinajstić information content (AvgIpc) is 3.04. The standard InChI is InChI=1S/C23H33N5O3/c1-4-31-23(30)16-6-8-18(9-7-16)28-13-17(14-28)25-21(29)12-24-22-19-11-15(2)5-10-20(19)27(3)26-22/h5,10-11,16-18H,4,6-9,12-14H2,1-3H3,(H,24,26)(H,25,29). The second-order valence-electron chi connectivity index (χ2n) is 8.82. The minimum absolute atomic E-state index is 0.0119. The van der Waals surface area contributed by atoms with Crippen LogP contribution in [0.25, 0.3) is 10.9 Å². The van der Waals surface area contributed by atoms with E-state index in [0.717, 1.165) is 55.5 Å². The molecule has 2 N–H and O–H groups in total. The fourth-order valence-electron chi connectivity index (χ4n) is 4.79. The lowest BCUT2D eigenvalue weighted by Gasteiger charge is -2.46. The van der Waals surface area contributed by atoms with Crippen molar-refractivity contribution in [3.63, 3.8) is 0 Å². The van der Waals surface area contributed by atoms with Crippen molar-refractivity contribution in [3.8, 4) is 0 Å². The number of nitrogens with one attached hydrogen (secondary N) is 2. The SMILES string of the molecule is CCOC(=O)C1CCC(N2CC(NC(=O)CNc3nn(C)c4ccc(C)cc34)C2)CC1. The number of hydrogen-bond acceptors (Lipinski definition) is 6. The van der Waals surface area contributed by atoms with Crippen molar-refractivity contribution in [2.45, 2.75) is 51.6 Å². The number of anilines is 1. The Hall–Kier alpha value is -2.61. The number of esters is 1. The third-order valence-corrected chi connectivity index (χ3v) is 6.53. The molecule has 0 unspecified atom stereocenters. The van der Waals surface area contributed by atoms with E-state index in [1.807, 2.05) is 24.7 Å². The largest absolute Gasteiger partial charge is 0.466 e. The monoisotopic (exact) mass is 427 g/mol. The van der Waals surface area contributed by atoms with E-state index in [9.17, 15) is 9.59 Å². The van der Waals surface area contributed by atoms with Crippen LogP contribution in [-0.4, -0.2) is 64.9 Å². The number of fused-ring (bicyclic) bond motifs is 1. The maximum absolute atomic E-state index is 12.4.